The summed E-state index contributed by atoms with van der Waals surface area (Å²) in [5.41, 5.74) is 1.18. The van der Waals surface area contributed by atoms with Crippen LogP contribution in [-0.4, -0.2) is 47.3 Å². The molecule has 1 aliphatic heterocycles. The molecule has 0 amide bonds. The molecule has 1 aromatic rings. The summed E-state index contributed by atoms with van der Waals surface area (Å²) in [4.78, 5) is 6.61. The zero-order valence-electron chi connectivity index (χ0n) is 12.4. The van der Waals surface area contributed by atoms with Crippen molar-refractivity contribution in [2.75, 3.05) is 13.2 Å². The molecule has 2 aliphatic rings. The van der Waals surface area contributed by atoms with Crippen LogP contribution in [0.4, 0.5) is 0 Å². The Morgan fingerprint density at radius 2 is 2.15 bits per heavy atom. The Morgan fingerprint density at radius 1 is 1.35 bits per heavy atom. The van der Waals surface area contributed by atoms with Crippen molar-refractivity contribution in [1.82, 2.24) is 9.88 Å². The number of rotatable bonds is 4. The van der Waals surface area contributed by atoms with Crippen LogP contribution in [0.15, 0.2) is 24.5 Å². The highest BCUT2D eigenvalue weighted by Crippen LogP contribution is 2.33. The first-order chi connectivity index (χ1) is 9.75. The summed E-state index contributed by atoms with van der Waals surface area (Å²) in [7, 11) is 0. The van der Waals surface area contributed by atoms with E-state index in [1.807, 2.05) is 24.5 Å². The standard InChI is InChI=1S/C16H24N2O2/c1-12(2)18-9-10-19-16-14(18)3-4-15(16)20-11-13-5-7-17-8-6-13/h5-8,12,14-16H,3-4,9-11H2,1-2H3/t14-,15+,16+/m0/s1. The maximum Gasteiger partial charge on any atom is 0.0992 e. The Morgan fingerprint density at radius 3 is 2.90 bits per heavy atom. The lowest BCUT2D eigenvalue weighted by Crippen LogP contribution is -2.54. The van der Waals surface area contributed by atoms with Gasteiger partial charge in [-0.3, -0.25) is 9.88 Å². The summed E-state index contributed by atoms with van der Waals surface area (Å²) in [5.74, 6) is 0. The fourth-order valence-electron chi connectivity index (χ4n) is 3.45. The predicted octanol–water partition coefficient (Wildman–Crippen LogP) is 2.24. The van der Waals surface area contributed by atoms with Gasteiger partial charge in [0.1, 0.15) is 0 Å². The monoisotopic (exact) mass is 276 g/mol. The maximum absolute atomic E-state index is 6.11. The molecule has 0 unspecified atom stereocenters. The van der Waals surface area contributed by atoms with Crippen molar-refractivity contribution < 1.29 is 9.47 Å². The van der Waals surface area contributed by atoms with E-state index in [9.17, 15) is 0 Å². The number of ether oxygens (including phenoxy) is 2. The molecule has 1 aliphatic carbocycles. The minimum Gasteiger partial charge on any atom is -0.373 e. The number of fused-ring (bicyclic) bond motifs is 1. The molecule has 1 saturated carbocycles. The average molecular weight is 276 g/mol. The molecular weight excluding hydrogens is 252 g/mol. The highest BCUT2D eigenvalue weighted by atomic mass is 16.5. The zero-order valence-corrected chi connectivity index (χ0v) is 12.4. The fourth-order valence-corrected chi connectivity index (χ4v) is 3.45. The molecule has 0 radical (unpaired) electrons. The van der Waals surface area contributed by atoms with E-state index in [1.54, 1.807) is 0 Å². The zero-order chi connectivity index (χ0) is 13.9. The van der Waals surface area contributed by atoms with Gasteiger partial charge >= 0.3 is 0 Å². The fraction of sp³-hybridized carbons (Fsp3) is 0.688. The molecule has 4 nitrogen and oxygen atoms in total. The topological polar surface area (TPSA) is 34.6 Å². The molecule has 0 spiro atoms. The minimum absolute atomic E-state index is 0.231. The van der Waals surface area contributed by atoms with Gasteiger partial charge in [-0.25, -0.2) is 0 Å². The Hall–Kier alpha value is -0.970. The third-order valence-corrected chi connectivity index (χ3v) is 4.46. The average Bonchev–Trinajstić information content (AvgIpc) is 2.89. The van der Waals surface area contributed by atoms with E-state index in [4.69, 9.17) is 9.47 Å². The Bertz CT molecular complexity index is 424. The van der Waals surface area contributed by atoms with Crippen molar-refractivity contribution in [1.29, 1.82) is 0 Å². The largest absolute Gasteiger partial charge is 0.373 e. The summed E-state index contributed by atoms with van der Waals surface area (Å²) < 4.78 is 12.1. The molecule has 0 bridgehead atoms. The maximum atomic E-state index is 6.11. The van der Waals surface area contributed by atoms with Crippen LogP contribution < -0.4 is 0 Å². The smallest absolute Gasteiger partial charge is 0.0992 e. The van der Waals surface area contributed by atoms with Gasteiger partial charge in [0.25, 0.3) is 0 Å². The quantitative estimate of drug-likeness (QED) is 0.844. The molecule has 3 atom stereocenters. The van der Waals surface area contributed by atoms with Crippen LogP contribution >= 0.6 is 0 Å². The summed E-state index contributed by atoms with van der Waals surface area (Å²) in [5, 5.41) is 0. The first kappa shape index (κ1) is 14.0. The van der Waals surface area contributed by atoms with Gasteiger partial charge < -0.3 is 9.47 Å². The lowest BCUT2D eigenvalue weighted by atomic mass is 10.1. The van der Waals surface area contributed by atoms with Gasteiger partial charge in [0.05, 0.1) is 25.4 Å². The molecule has 2 fully saturated rings. The van der Waals surface area contributed by atoms with Gasteiger partial charge in [-0.1, -0.05) is 0 Å². The highest BCUT2D eigenvalue weighted by molar-refractivity contribution is 5.08. The number of hydrogen-bond donors (Lipinski definition) is 0. The number of hydrogen-bond acceptors (Lipinski definition) is 4. The molecule has 2 heterocycles. The van der Waals surface area contributed by atoms with Crippen LogP contribution in [0.3, 0.4) is 0 Å². The normalized spacial score (nSPS) is 30.6. The Balaban J connectivity index is 1.59. The third kappa shape index (κ3) is 2.87. The van der Waals surface area contributed by atoms with Crippen LogP contribution in [0.25, 0.3) is 0 Å². The van der Waals surface area contributed by atoms with Crippen molar-refractivity contribution in [2.24, 2.45) is 0 Å². The van der Waals surface area contributed by atoms with Crippen molar-refractivity contribution in [3.8, 4) is 0 Å². The molecule has 4 heteroatoms. The van der Waals surface area contributed by atoms with Gasteiger partial charge in [-0.2, -0.15) is 0 Å². The summed E-state index contributed by atoms with van der Waals surface area (Å²) in [6.07, 6.45) is 6.39. The second-order valence-electron chi connectivity index (χ2n) is 6.02. The van der Waals surface area contributed by atoms with Crippen molar-refractivity contribution in [3.05, 3.63) is 30.1 Å². The molecule has 20 heavy (non-hydrogen) atoms. The number of pyridine rings is 1. The van der Waals surface area contributed by atoms with Crippen LogP contribution in [0, 0.1) is 0 Å². The summed E-state index contributed by atoms with van der Waals surface area (Å²) in [6, 6.07) is 5.14. The number of aromatic nitrogens is 1. The van der Waals surface area contributed by atoms with Gasteiger partial charge in [0.2, 0.25) is 0 Å². The van der Waals surface area contributed by atoms with E-state index in [-0.39, 0.29) is 12.2 Å². The van der Waals surface area contributed by atoms with E-state index in [0.29, 0.717) is 18.7 Å². The lowest BCUT2D eigenvalue weighted by molar-refractivity contribution is -0.122. The SMILES string of the molecule is CC(C)N1CCO[C@H]2[C@H](OCc3ccncc3)CC[C@@H]21. The predicted molar refractivity (Wildman–Crippen MR) is 77.4 cm³/mol. The highest BCUT2D eigenvalue weighted by Gasteiger charge is 2.43. The van der Waals surface area contributed by atoms with E-state index in [1.165, 1.54) is 12.0 Å². The van der Waals surface area contributed by atoms with E-state index >= 15 is 0 Å². The molecule has 0 aromatic carbocycles. The van der Waals surface area contributed by atoms with Gasteiger partial charge in [-0.05, 0) is 44.4 Å². The summed E-state index contributed by atoms with van der Waals surface area (Å²) in [6.45, 7) is 7.08. The summed E-state index contributed by atoms with van der Waals surface area (Å²) >= 11 is 0. The van der Waals surface area contributed by atoms with Crippen LogP contribution in [0.1, 0.15) is 32.3 Å². The molecule has 1 aromatic heterocycles. The molecule has 1 saturated heterocycles. The van der Waals surface area contributed by atoms with E-state index in [0.717, 1.165) is 19.6 Å². The molecule has 3 rings (SSSR count). The first-order valence-corrected chi connectivity index (χ1v) is 7.63. The molecular formula is C16H24N2O2. The van der Waals surface area contributed by atoms with E-state index < -0.39 is 0 Å². The molecule has 110 valence electrons. The minimum atomic E-state index is 0.231. The van der Waals surface area contributed by atoms with Crippen molar-refractivity contribution >= 4 is 0 Å². The third-order valence-electron chi connectivity index (χ3n) is 4.46. The van der Waals surface area contributed by atoms with E-state index in [2.05, 4.69) is 23.7 Å². The first-order valence-electron chi connectivity index (χ1n) is 7.63. The van der Waals surface area contributed by atoms with Crippen LogP contribution in [-0.2, 0) is 16.1 Å². The van der Waals surface area contributed by atoms with Gasteiger partial charge in [0.15, 0.2) is 0 Å². The van der Waals surface area contributed by atoms with Crippen LogP contribution in [0.5, 0.6) is 0 Å². The lowest BCUT2D eigenvalue weighted by Gasteiger charge is -2.41. The van der Waals surface area contributed by atoms with Crippen molar-refractivity contribution in [3.63, 3.8) is 0 Å². The second kappa shape index (κ2) is 6.20. The number of nitrogens with zero attached hydrogens (tertiary/aromatic N) is 2. The van der Waals surface area contributed by atoms with Crippen molar-refractivity contribution in [2.45, 2.75) is 57.6 Å². The van der Waals surface area contributed by atoms with Crippen LogP contribution in [0.2, 0.25) is 0 Å². The Labute approximate surface area is 121 Å². The molecule has 0 N–H and O–H groups in total. The van der Waals surface area contributed by atoms with Gasteiger partial charge in [-0.15, -0.1) is 0 Å². The van der Waals surface area contributed by atoms with Gasteiger partial charge in [0, 0.05) is 31.0 Å². The Kier molecular flexibility index (Phi) is 4.34. The second-order valence-corrected chi connectivity index (χ2v) is 6.02. The number of morpholine rings is 1.